The summed E-state index contributed by atoms with van der Waals surface area (Å²) in [5.41, 5.74) is 6.20. The van der Waals surface area contributed by atoms with Crippen molar-refractivity contribution in [2.75, 3.05) is 13.3 Å². The lowest BCUT2D eigenvalue weighted by molar-refractivity contribution is 0.588. The third kappa shape index (κ3) is 2.16. The molecule has 1 rings (SSSR count). The Kier molecular flexibility index (Phi) is 2.65. The highest BCUT2D eigenvalue weighted by atomic mass is 31.2. The van der Waals surface area contributed by atoms with Crippen LogP contribution in [0.5, 0.6) is 0 Å². The number of pyridine rings is 1. The fraction of sp³-hybridized carbons (Fsp3) is 0.375. The van der Waals surface area contributed by atoms with Crippen LogP contribution in [0.25, 0.3) is 0 Å². The number of nitrogens with zero attached hydrogens (tertiary/aromatic N) is 1. The molecule has 66 valence electrons. The van der Waals surface area contributed by atoms with E-state index in [1.54, 1.807) is 31.7 Å². The molecule has 0 aliphatic rings. The van der Waals surface area contributed by atoms with E-state index < -0.39 is 7.14 Å². The molecule has 1 aromatic rings. The van der Waals surface area contributed by atoms with Gasteiger partial charge in [0.1, 0.15) is 7.14 Å². The van der Waals surface area contributed by atoms with Crippen LogP contribution in [0.4, 0.5) is 0 Å². The summed E-state index contributed by atoms with van der Waals surface area (Å²) in [6, 6.07) is 3.58. The van der Waals surface area contributed by atoms with E-state index in [4.69, 9.17) is 5.73 Å². The van der Waals surface area contributed by atoms with Crippen molar-refractivity contribution in [2.45, 2.75) is 6.54 Å². The van der Waals surface area contributed by atoms with Gasteiger partial charge in [-0.2, -0.15) is 0 Å². The molecule has 0 aromatic carbocycles. The molecule has 1 aromatic heterocycles. The normalized spacial score (nSPS) is 11.6. The molecule has 0 spiro atoms. The molecule has 1 heterocycles. The van der Waals surface area contributed by atoms with Crippen molar-refractivity contribution in [2.24, 2.45) is 5.73 Å². The summed E-state index contributed by atoms with van der Waals surface area (Å²) in [5.74, 6) is 0. The second-order valence-electron chi connectivity index (χ2n) is 3.06. The molecule has 0 saturated heterocycles. The first-order valence-corrected chi connectivity index (χ1v) is 6.34. The molecular formula is C8H13N2OP. The largest absolute Gasteiger partial charge is 0.325 e. The Morgan fingerprint density at radius 2 is 2.25 bits per heavy atom. The minimum atomic E-state index is -2.15. The topological polar surface area (TPSA) is 56.0 Å². The third-order valence-electron chi connectivity index (χ3n) is 1.63. The zero-order valence-electron chi connectivity index (χ0n) is 7.32. The molecule has 4 heteroatoms. The zero-order valence-corrected chi connectivity index (χ0v) is 8.21. The SMILES string of the molecule is CP(C)(=O)c1ccnc(CN)c1. The Labute approximate surface area is 72.4 Å². The Morgan fingerprint density at radius 1 is 1.58 bits per heavy atom. The highest BCUT2D eigenvalue weighted by molar-refractivity contribution is 7.70. The van der Waals surface area contributed by atoms with Gasteiger partial charge in [0.15, 0.2) is 0 Å². The second kappa shape index (κ2) is 3.38. The van der Waals surface area contributed by atoms with E-state index in [2.05, 4.69) is 4.98 Å². The molecule has 0 fully saturated rings. The lowest BCUT2D eigenvalue weighted by Crippen LogP contribution is -2.08. The van der Waals surface area contributed by atoms with Gasteiger partial charge in [0.2, 0.25) is 0 Å². The second-order valence-corrected chi connectivity index (χ2v) is 6.28. The molecule has 0 radical (unpaired) electrons. The maximum absolute atomic E-state index is 11.6. The van der Waals surface area contributed by atoms with Crippen molar-refractivity contribution in [1.29, 1.82) is 0 Å². The van der Waals surface area contributed by atoms with Crippen LogP contribution in [0.1, 0.15) is 5.69 Å². The summed E-state index contributed by atoms with van der Waals surface area (Å²) in [7, 11) is -2.15. The van der Waals surface area contributed by atoms with Crippen LogP contribution < -0.4 is 11.0 Å². The first-order chi connectivity index (χ1) is 5.54. The van der Waals surface area contributed by atoms with Crippen molar-refractivity contribution in [3.8, 4) is 0 Å². The van der Waals surface area contributed by atoms with Crippen molar-refractivity contribution < 1.29 is 4.57 Å². The monoisotopic (exact) mass is 184 g/mol. The summed E-state index contributed by atoms with van der Waals surface area (Å²) in [6.45, 7) is 3.87. The zero-order chi connectivity index (χ0) is 9.19. The molecule has 0 atom stereocenters. The summed E-state index contributed by atoms with van der Waals surface area (Å²) in [6.07, 6.45) is 1.65. The Morgan fingerprint density at radius 3 is 2.75 bits per heavy atom. The molecule has 0 unspecified atom stereocenters. The Bertz CT molecular complexity index is 319. The first-order valence-electron chi connectivity index (χ1n) is 3.74. The lowest BCUT2D eigenvalue weighted by Gasteiger charge is -2.06. The Hall–Kier alpha value is -0.660. The average molecular weight is 184 g/mol. The maximum atomic E-state index is 11.6. The molecule has 0 aliphatic carbocycles. The molecule has 2 N–H and O–H groups in total. The van der Waals surface area contributed by atoms with Gasteiger partial charge in [-0.25, -0.2) is 0 Å². The molecule has 3 nitrogen and oxygen atoms in total. The van der Waals surface area contributed by atoms with Gasteiger partial charge in [-0.3, -0.25) is 4.98 Å². The van der Waals surface area contributed by atoms with Crippen LogP contribution in [-0.4, -0.2) is 18.3 Å². The number of rotatable bonds is 2. The minimum Gasteiger partial charge on any atom is -0.325 e. The van der Waals surface area contributed by atoms with Crippen LogP contribution in [0.3, 0.4) is 0 Å². The van der Waals surface area contributed by atoms with E-state index in [1.807, 2.05) is 0 Å². The maximum Gasteiger partial charge on any atom is 0.109 e. The highest BCUT2D eigenvalue weighted by Gasteiger charge is 2.10. The fourth-order valence-corrected chi connectivity index (χ4v) is 1.80. The molecule has 0 bridgehead atoms. The number of hydrogen-bond acceptors (Lipinski definition) is 3. The van der Waals surface area contributed by atoms with Crippen molar-refractivity contribution in [3.63, 3.8) is 0 Å². The molecule has 0 saturated carbocycles. The quantitative estimate of drug-likeness (QED) is 0.691. The van der Waals surface area contributed by atoms with Crippen LogP contribution in [0, 0.1) is 0 Å². The van der Waals surface area contributed by atoms with Gasteiger partial charge >= 0.3 is 0 Å². The number of hydrogen-bond donors (Lipinski definition) is 1. The highest BCUT2D eigenvalue weighted by Crippen LogP contribution is 2.34. The lowest BCUT2D eigenvalue weighted by atomic mass is 10.3. The summed E-state index contributed by atoms with van der Waals surface area (Å²) >= 11 is 0. The predicted molar refractivity (Wildman–Crippen MR) is 51.2 cm³/mol. The van der Waals surface area contributed by atoms with Gasteiger partial charge in [-0.1, -0.05) is 0 Å². The van der Waals surface area contributed by atoms with Gasteiger partial charge in [-0.15, -0.1) is 0 Å². The van der Waals surface area contributed by atoms with Crippen LogP contribution in [-0.2, 0) is 11.1 Å². The molecule has 12 heavy (non-hydrogen) atoms. The van der Waals surface area contributed by atoms with Crippen molar-refractivity contribution in [1.82, 2.24) is 4.98 Å². The smallest absolute Gasteiger partial charge is 0.109 e. The van der Waals surface area contributed by atoms with E-state index >= 15 is 0 Å². The average Bonchev–Trinajstić information content (AvgIpc) is 2.03. The number of nitrogens with two attached hydrogens (primary N) is 1. The van der Waals surface area contributed by atoms with E-state index in [9.17, 15) is 4.57 Å². The minimum absolute atomic E-state index is 0.397. The van der Waals surface area contributed by atoms with E-state index in [1.165, 1.54) is 0 Å². The van der Waals surface area contributed by atoms with E-state index in [-0.39, 0.29) is 0 Å². The standard InChI is InChI=1S/C8H13N2OP/c1-12(2,11)8-3-4-10-7(5-8)6-9/h3-5H,6,9H2,1-2H3. The van der Waals surface area contributed by atoms with Crippen LogP contribution >= 0.6 is 7.14 Å². The summed E-state index contributed by atoms with van der Waals surface area (Å²) in [5, 5.41) is 0.845. The van der Waals surface area contributed by atoms with Crippen LogP contribution in [0.2, 0.25) is 0 Å². The molecular weight excluding hydrogens is 171 g/mol. The summed E-state index contributed by atoms with van der Waals surface area (Å²) in [4.78, 5) is 4.03. The van der Waals surface area contributed by atoms with Gasteiger partial charge in [-0.05, 0) is 25.5 Å². The van der Waals surface area contributed by atoms with E-state index in [0.29, 0.717) is 6.54 Å². The van der Waals surface area contributed by atoms with Gasteiger partial charge < -0.3 is 10.3 Å². The number of aromatic nitrogens is 1. The van der Waals surface area contributed by atoms with Crippen LogP contribution in [0.15, 0.2) is 18.3 Å². The summed E-state index contributed by atoms with van der Waals surface area (Å²) < 4.78 is 11.6. The fourth-order valence-electron chi connectivity index (χ4n) is 0.912. The molecule has 0 amide bonds. The van der Waals surface area contributed by atoms with Gasteiger partial charge in [0.25, 0.3) is 0 Å². The van der Waals surface area contributed by atoms with Gasteiger partial charge in [0.05, 0.1) is 5.69 Å². The predicted octanol–water partition coefficient (Wildman–Crippen LogP) is 0.788. The molecule has 0 aliphatic heterocycles. The Balaban J connectivity index is 3.11. The third-order valence-corrected chi connectivity index (χ3v) is 3.15. The van der Waals surface area contributed by atoms with Gasteiger partial charge in [0, 0.05) is 18.0 Å². The first kappa shape index (κ1) is 9.43. The van der Waals surface area contributed by atoms with Crippen molar-refractivity contribution >= 4 is 12.4 Å². The van der Waals surface area contributed by atoms with E-state index in [0.717, 1.165) is 11.0 Å². The van der Waals surface area contributed by atoms with Crippen molar-refractivity contribution in [3.05, 3.63) is 24.0 Å².